The summed E-state index contributed by atoms with van der Waals surface area (Å²) in [4.78, 5) is 24.7. The van der Waals surface area contributed by atoms with Crippen LogP contribution in [0.2, 0.25) is 0 Å². The molecular formula is C30H31NO4. The summed E-state index contributed by atoms with van der Waals surface area (Å²) in [6.07, 6.45) is 3.61. The monoisotopic (exact) mass is 469 g/mol. The molecule has 3 rings (SSSR count). The third-order valence-corrected chi connectivity index (χ3v) is 5.74. The van der Waals surface area contributed by atoms with Crippen molar-refractivity contribution in [3.8, 4) is 0 Å². The molecule has 5 heteroatoms. The van der Waals surface area contributed by atoms with Crippen LogP contribution < -0.4 is 4.90 Å². The predicted molar refractivity (Wildman–Crippen MR) is 140 cm³/mol. The molecule has 3 aromatic carbocycles. The molecule has 0 atom stereocenters. The van der Waals surface area contributed by atoms with Crippen LogP contribution in [0.5, 0.6) is 0 Å². The fourth-order valence-electron chi connectivity index (χ4n) is 3.59. The van der Waals surface area contributed by atoms with Gasteiger partial charge in [-0.15, -0.1) is 0 Å². The van der Waals surface area contributed by atoms with Crippen molar-refractivity contribution < 1.29 is 19.1 Å². The van der Waals surface area contributed by atoms with Crippen LogP contribution >= 0.6 is 0 Å². The van der Waals surface area contributed by atoms with E-state index in [9.17, 15) is 9.59 Å². The molecule has 5 nitrogen and oxygen atoms in total. The van der Waals surface area contributed by atoms with Crippen molar-refractivity contribution in [3.05, 3.63) is 114 Å². The Hall–Kier alpha value is -4.12. The van der Waals surface area contributed by atoms with Gasteiger partial charge < -0.3 is 14.4 Å². The SMILES string of the molecule is C=CC(=O)OCCc1ccc(N(c2ccc(CCOC(=O)C=C)cc2)c2ccc(C)c(C)c2)cc1. The normalized spacial score (nSPS) is 10.3. The summed E-state index contributed by atoms with van der Waals surface area (Å²) in [7, 11) is 0. The highest BCUT2D eigenvalue weighted by Gasteiger charge is 2.13. The molecule has 0 aliphatic carbocycles. The van der Waals surface area contributed by atoms with Gasteiger partial charge in [-0.2, -0.15) is 0 Å². The van der Waals surface area contributed by atoms with E-state index in [0.717, 1.165) is 28.2 Å². The highest BCUT2D eigenvalue weighted by Crippen LogP contribution is 2.35. The molecule has 0 aliphatic rings. The minimum Gasteiger partial charge on any atom is -0.462 e. The van der Waals surface area contributed by atoms with Crippen LogP contribution in [-0.2, 0) is 31.9 Å². The van der Waals surface area contributed by atoms with Gasteiger partial charge in [-0.25, -0.2) is 9.59 Å². The number of anilines is 3. The smallest absolute Gasteiger partial charge is 0.330 e. The lowest BCUT2D eigenvalue weighted by Crippen LogP contribution is -2.11. The van der Waals surface area contributed by atoms with Crippen LogP contribution in [0.15, 0.2) is 92.0 Å². The predicted octanol–water partition coefficient (Wildman–Crippen LogP) is 6.32. The zero-order chi connectivity index (χ0) is 25.2. The van der Waals surface area contributed by atoms with E-state index in [1.165, 1.54) is 23.3 Å². The van der Waals surface area contributed by atoms with Crippen LogP contribution in [0, 0.1) is 13.8 Å². The molecular weight excluding hydrogens is 438 g/mol. The van der Waals surface area contributed by atoms with Crippen molar-refractivity contribution in [3.63, 3.8) is 0 Å². The van der Waals surface area contributed by atoms with Crippen molar-refractivity contribution in [1.29, 1.82) is 0 Å². The number of benzene rings is 3. The largest absolute Gasteiger partial charge is 0.462 e. The minimum absolute atomic E-state index is 0.314. The number of hydrogen-bond acceptors (Lipinski definition) is 5. The number of carbonyl (C=O) groups is 2. The maximum atomic E-state index is 11.3. The molecule has 0 aliphatic heterocycles. The number of esters is 2. The summed E-state index contributed by atoms with van der Waals surface area (Å²) >= 11 is 0. The second-order valence-electron chi connectivity index (χ2n) is 8.18. The van der Waals surface area contributed by atoms with Gasteiger partial charge in [-0.3, -0.25) is 0 Å². The lowest BCUT2D eigenvalue weighted by molar-refractivity contribution is -0.138. The van der Waals surface area contributed by atoms with E-state index in [4.69, 9.17) is 9.47 Å². The minimum atomic E-state index is -0.412. The van der Waals surface area contributed by atoms with Gasteiger partial charge >= 0.3 is 11.9 Å². The molecule has 0 bridgehead atoms. The molecule has 0 N–H and O–H groups in total. The number of hydrogen-bond donors (Lipinski definition) is 0. The van der Waals surface area contributed by atoms with Crippen molar-refractivity contribution in [2.24, 2.45) is 0 Å². The highest BCUT2D eigenvalue weighted by molar-refractivity contribution is 5.81. The number of nitrogens with zero attached hydrogens (tertiary/aromatic N) is 1. The molecule has 3 aromatic rings. The van der Waals surface area contributed by atoms with Gasteiger partial charge in [0.05, 0.1) is 13.2 Å². The molecule has 0 saturated heterocycles. The van der Waals surface area contributed by atoms with E-state index in [-0.39, 0.29) is 0 Å². The fraction of sp³-hybridized carbons (Fsp3) is 0.200. The Balaban J connectivity index is 1.83. The first kappa shape index (κ1) is 25.5. The molecule has 0 unspecified atom stereocenters. The molecule has 0 radical (unpaired) electrons. The van der Waals surface area contributed by atoms with Gasteiger partial charge in [0.25, 0.3) is 0 Å². The fourth-order valence-corrected chi connectivity index (χ4v) is 3.59. The molecule has 0 fully saturated rings. The lowest BCUT2D eigenvalue weighted by atomic mass is 10.1. The van der Waals surface area contributed by atoms with Crippen molar-refractivity contribution >= 4 is 29.0 Å². The molecule has 0 amide bonds. The van der Waals surface area contributed by atoms with E-state index < -0.39 is 11.9 Å². The number of rotatable bonds is 11. The van der Waals surface area contributed by atoms with Gasteiger partial charge in [0, 0.05) is 42.1 Å². The summed E-state index contributed by atoms with van der Waals surface area (Å²) in [5.74, 6) is -0.824. The molecule has 0 aromatic heterocycles. The Labute approximate surface area is 207 Å². The Kier molecular flexibility index (Phi) is 9.02. The summed E-state index contributed by atoms with van der Waals surface area (Å²) in [6.45, 7) is 11.7. The average molecular weight is 470 g/mol. The van der Waals surface area contributed by atoms with E-state index >= 15 is 0 Å². The zero-order valence-electron chi connectivity index (χ0n) is 20.3. The summed E-state index contributed by atoms with van der Waals surface area (Å²) in [5, 5.41) is 0. The second-order valence-corrected chi connectivity index (χ2v) is 8.18. The standard InChI is InChI=1S/C30H31NO4/c1-5-29(32)34-19-17-24-8-13-26(14-9-24)31(28-12-7-22(3)23(4)21-28)27-15-10-25(11-16-27)18-20-35-30(33)6-2/h5-16,21H,1-2,17-20H2,3-4H3. The average Bonchev–Trinajstić information content (AvgIpc) is 2.88. The second kappa shape index (κ2) is 12.4. The van der Waals surface area contributed by atoms with Crippen LogP contribution in [-0.4, -0.2) is 25.2 Å². The topological polar surface area (TPSA) is 55.8 Å². The van der Waals surface area contributed by atoms with Crippen molar-refractivity contribution in [1.82, 2.24) is 0 Å². The number of ether oxygens (including phenoxy) is 2. The summed E-state index contributed by atoms with van der Waals surface area (Å²) in [6, 6.07) is 22.9. The molecule has 35 heavy (non-hydrogen) atoms. The zero-order valence-corrected chi connectivity index (χ0v) is 20.3. The molecule has 0 heterocycles. The number of carbonyl (C=O) groups excluding carboxylic acids is 2. The van der Waals surface area contributed by atoms with Gasteiger partial charge in [-0.05, 0) is 72.5 Å². The van der Waals surface area contributed by atoms with E-state index in [0.29, 0.717) is 26.1 Å². The summed E-state index contributed by atoms with van der Waals surface area (Å²) in [5.41, 5.74) is 7.72. The maximum Gasteiger partial charge on any atom is 0.330 e. The Morgan fingerprint density at radius 2 is 1.11 bits per heavy atom. The summed E-state index contributed by atoms with van der Waals surface area (Å²) < 4.78 is 10.2. The van der Waals surface area contributed by atoms with Gasteiger partial charge in [0.1, 0.15) is 0 Å². The first-order chi connectivity index (χ1) is 16.9. The van der Waals surface area contributed by atoms with Crippen LogP contribution in [0.3, 0.4) is 0 Å². The van der Waals surface area contributed by atoms with Crippen LogP contribution in [0.4, 0.5) is 17.1 Å². The van der Waals surface area contributed by atoms with Crippen molar-refractivity contribution in [2.45, 2.75) is 26.7 Å². The molecule has 0 spiro atoms. The lowest BCUT2D eigenvalue weighted by Gasteiger charge is -2.26. The molecule has 0 saturated carbocycles. The third-order valence-electron chi connectivity index (χ3n) is 5.74. The Morgan fingerprint density at radius 3 is 1.51 bits per heavy atom. The Morgan fingerprint density at radius 1 is 0.686 bits per heavy atom. The first-order valence-electron chi connectivity index (χ1n) is 11.5. The van der Waals surface area contributed by atoms with Crippen LogP contribution in [0.1, 0.15) is 22.3 Å². The van der Waals surface area contributed by atoms with Gasteiger partial charge in [0.2, 0.25) is 0 Å². The van der Waals surface area contributed by atoms with E-state index in [1.807, 2.05) is 24.3 Å². The Bertz CT molecular complexity index is 1110. The van der Waals surface area contributed by atoms with E-state index in [2.05, 4.69) is 74.4 Å². The first-order valence-corrected chi connectivity index (χ1v) is 11.5. The van der Waals surface area contributed by atoms with E-state index in [1.54, 1.807) is 0 Å². The van der Waals surface area contributed by atoms with Crippen molar-refractivity contribution in [2.75, 3.05) is 18.1 Å². The maximum absolute atomic E-state index is 11.3. The third kappa shape index (κ3) is 7.18. The highest BCUT2D eigenvalue weighted by atomic mass is 16.5. The molecule has 180 valence electrons. The van der Waals surface area contributed by atoms with Gasteiger partial charge in [0.15, 0.2) is 0 Å². The van der Waals surface area contributed by atoms with Gasteiger partial charge in [-0.1, -0.05) is 43.5 Å². The quantitative estimate of drug-likeness (QED) is 0.243. The number of aryl methyl sites for hydroxylation is 2. The van der Waals surface area contributed by atoms with Crippen LogP contribution in [0.25, 0.3) is 0 Å².